The Balaban J connectivity index is 1.45. The van der Waals surface area contributed by atoms with Crippen molar-refractivity contribution in [3.63, 3.8) is 0 Å². The standard InChI is InChI=1S/C26H31N7O2/c1-3-32-24-20(11-18(13-28-24)26(34)31-10-4-5-19(27)15-31)29-25(32)21-12-17-8-9-22(35-2)30-23(17)33(21)14-16-6-7-16/h8-9,11-13,16,19H,3-7,10,14-15,27H2,1-2H3. The fourth-order valence-corrected chi connectivity index (χ4v) is 5.15. The second-order valence-corrected chi connectivity index (χ2v) is 9.75. The Kier molecular flexibility index (Phi) is 5.44. The maximum absolute atomic E-state index is 13.2. The monoisotopic (exact) mass is 473 g/mol. The highest BCUT2D eigenvalue weighted by atomic mass is 16.5. The zero-order valence-electron chi connectivity index (χ0n) is 20.3. The molecular formula is C26H31N7O2. The molecule has 1 saturated heterocycles. The first-order valence-electron chi connectivity index (χ1n) is 12.5. The fourth-order valence-electron chi connectivity index (χ4n) is 5.15. The predicted octanol–water partition coefficient (Wildman–Crippen LogP) is 3.45. The molecule has 4 aromatic rings. The molecule has 1 aliphatic heterocycles. The number of ether oxygens (including phenoxy) is 1. The number of pyridine rings is 2. The van der Waals surface area contributed by atoms with E-state index in [2.05, 4.69) is 22.1 Å². The van der Waals surface area contributed by atoms with E-state index in [1.165, 1.54) is 12.8 Å². The molecule has 2 fully saturated rings. The average Bonchev–Trinajstić information content (AvgIpc) is 3.52. The third-order valence-corrected chi connectivity index (χ3v) is 7.19. The lowest BCUT2D eigenvalue weighted by atomic mass is 10.1. The van der Waals surface area contributed by atoms with Gasteiger partial charge in [-0.15, -0.1) is 0 Å². The number of amides is 1. The van der Waals surface area contributed by atoms with Crippen molar-refractivity contribution in [1.29, 1.82) is 0 Å². The van der Waals surface area contributed by atoms with Crippen LogP contribution < -0.4 is 10.5 Å². The summed E-state index contributed by atoms with van der Waals surface area (Å²) >= 11 is 0. The number of hydrogen-bond donors (Lipinski definition) is 1. The quantitative estimate of drug-likeness (QED) is 0.460. The third-order valence-electron chi connectivity index (χ3n) is 7.19. The molecule has 1 aliphatic carbocycles. The average molecular weight is 474 g/mol. The van der Waals surface area contributed by atoms with Crippen LogP contribution in [0, 0.1) is 5.92 Å². The molecule has 1 atom stereocenters. The minimum absolute atomic E-state index is 0.0266. The summed E-state index contributed by atoms with van der Waals surface area (Å²) in [6.07, 6.45) is 6.04. The summed E-state index contributed by atoms with van der Waals surface area (Å²) in [5, 5.41) is 1.06. The number of nitrogens with two attached hydrogens (primary N) is 1. The van der Waals surface area contributed by atoms with Gasteiger partial charge in [-0.05, 0) is 56.7 Å². The molecule has 4 aromatic heterocycles. The van der Waals surface area contributed by atoms with Gasteiger partial charge in [0.25, 0.3) is 5.91 Å². The van der Waals surface area contributed by atoms with Gasteiger partial charge < -0.3 is 24.5 Å². The molecule has 0 bridgehead atoms. The highest BCUT2D eigenvalue weighted by molar-refractivity contribution is 5.97. The second-order valence-electron chi connectivity index (χ2n) is 9.75. The van der Waals surface area contributed by atoms with Crippen LogP contribution in [-0.2, 0) is 13.1 Å². The number of imidazole rings is 1. The van der Waals surface area contributed by atoms with E-state index >= 15 is 0 Å². The summed E-state index contributed by atoms with van der Waals surface area (Å²) in [7, 11) is 1.64. The normalized spacial score (nSPS) is 18.5. The van der Waals surface area contributed by atoms with Crippen molar-refractivity contribution >= 4 is 28.1 Å². The van der Waals surface area contributed by atoms with Crippen LogP contribution in [0.3, 0.4) is 0 Å². The number of likely N-dealkylation sites (tertiary alicyclic amines) is 1. The number of hydrogen-bond acceptors (Lipinski definition) is 6. The summed E-state index contributed by atoms with van der Waals surface area (Å²) in [6.45, 7) is 5.03. The SMILES string of the molecule is CCn1c(-c2cc3ccc(OC)nc3n2CC2CC2)nc2cc(C(=O)N3CCCC(N)C3)cnc21. The van der Waals surface area contributed by atoms with Gasteiger partial charge in [-0.3, -0.25) is 4.79 Å². The van der Waals surface area contributed by atoms with Crippen molar-refractivity contribution in [2.24, 2.45) is 11.7 Å². The van der Waals surface area contributed by atoms with E-state index in [9.17, 15) is 4.79 Å². The summed E-state index contributed by atoms with van der Waals surface area (Å²) in [5.74, 6) is 2.08. The fraction of sp³-hybridized carbons (Fsp3) is 0.462. The number of fused-ring (bicyclic) bond motifs is 2. The van der Waals surface area contributed by atoms with Gasteiger partial charge in [0.05, 0.1) is 18.4 Å². The number of methoxy groups -OCH3 is 1. The van der Waals surface area contributed by atoms with Crippen LogP contribution in [0.25, 0.3) is 33.7 Å². The first kappa shape index (κ1) is 22.0. The van der Waals surface area contributed by atoms with Gasteiger partial charge in [-0.2, -0.15) is 4.98 Å². The molecule has 2 aliphatic rings. The number of aryl methyl sites for hydroxylation is 1. The molecular weight excluding hydrogens is 442 g/mol. The lowest BCUT2D eigenvalue weighted by Crippen LogP contribution is -2.45. The molecule has 9 heteroatoms. The molecule has 1 amide bonds. The summed E-state index contributed by atoms with van der Waals surface area (Å²) in [4.78, 5) is 29.4. The van der Waals surface area contributed by atoms with Crippen LogP contribution in [0.1, 0.15) is 43.0 Å². The highest BCUT2D eigenvalue weighted by Gasteiger charge is 2.27. The van der Waals surface area contributed by atoms with Crippen molar-refractivity contribution < 1.29 is 9.53 Å². The van der Waals surface area contributed by atoms with Gasteiger partial charge in [0.1, 0.15) is 11.2 Å². The van der Waals surface area contributed by atoms with Crippen molar-refractivity contribution in [1.82, 2.24) is 29.0 Å². The molecule has 0 radical (unpaired) electrons. The first-order chi connectivity index (χ1) is 17.1. The molecule has 0 spiro atoms. The molecule has 1 saturated carbocycles. The van der Waals surface area contributed by atoms with E-state index in [0.29, 0.717) is 23.9 Å². The highest BCUT2D eigenvalue weighted by Crippen LogP contribution is 2.36. The van der Waals surface area contributed by atoms with Gasteiger partial charge in [-0.25, -0.2) is 9.97 Å². The Morgan fingerprint density at radius 3 is 2.74 bits per heavy atom. The number of rotatable bonds is 6. The smallest absolute Gasteiger partial charge is 0.255 e. The minimum atomic E-state index is -0.0266. The van der Waals surface area contributed by atoms with E-state index < -0.39 is 0 Å². The predicted molar refractivity (Wildman–Crippen MR) is 134 cm³/mol. The second kappa shape index (κ2) is 8.64. The van der Waals surface area contributed by atoms with Crippen LogP contribution in [0.15, 0.2) is 30.5 Å². The maximum atomic E-state index is 13.2. The van der Waals surface area contributed by atoms with Crippen molar-refractivity contribution in [3.05, 3.63) is 36.0 Å². The molecule has 5 heterocycles. The van der Waals surface area contributed by atoms with Crippen LogP contribution >= 0.6 is 0 Å². The Bertz CT molecular complexity index is 1420. The molecule has 35 heavy (non-hydrogen) atoms. The van der Waals surface area contributed by atoms with Gasteiger partial charge in [0.15, 0.2) is 11.5 Å². The molecule has 2 N–H and O–H groups in total. The van der Waals surface area contributed by atoms with E-state index in [4.69, 9.17) is 25.4 Å². The molecule has 6 rings (SSSR count). The Morgan fingerprint density at radius 1 is 1.14 bits per heavy atom. The number of nitrogens with zero attached hydrogens (tertiary/aromatic N) is 6. The lowest BCUT2D eigenvalue weighted by molar-refractivity contribution is 0.0708. The summed E-state index contributed by atoms with van der Waals surface area (Å²) in [6, 6.07) is 8.00. The van der Waals surface area contributed by atoms with Crippen LogP contribution in [-0.4, -0.2) is 61.1 Å². The lowest BCUT2D eigenvalue weighted by Gasteiger charge is -2.30. The van der Waals surface area contributed by atoms with Crippen LogP contribution in [0.5, 0.6) is 5.88 Å². The number of aromatic nitrogens is 5. The molecule has 0 aromatic carbocycles. The number of piperidine rings is 1. The van der Waals surface area contributed by atoms with E-state index in [0.717, 1.165) is 66.2 Å². The van der Waals surface area contributed by atoms with Gasteiger partial charge in [-0.1, -0.05) is 0 Å². The van der Waals surface area contributed by atoms with Crippen molar-refractivity contribution in [3.8, 4) is 17.4 Å². The van der Waals surface area contributed by atoms with Crippen molar-refractivity contribution in [2.75, 3.05) is 20.2 Å². The Morgan fingerprint density at radius 2 is 2.00 bits per heavy atom. The van der Waals surface area contributed by atoms with E-state index in [1.807, 2.05) is 23.1 Å². The largest absolute Gasteiger partial charge is 0.481 e. The Hall–Kier alpha value is -3.46. The maximum Gasteiger partial charge on any atom is 0.255 e. The zero-order valence-corrected chi connectivity index (χ0v) is 20.3. The van der Waals surface area contributed by atoms with Gasteiger partial charge >= 0.3 is 0 Å². The van der Waals surface area contributed by atoms with Gasteiger partial charge in [0, 0.05) is 49.9 Å². The van der Waals surface area contributed by atoms with Crippen LogP contribution in [0.4, 0.5) is 0 Å². The molecule has 1 unspecified atom stereocenters. The van der Waals surface area contributed by atoms with E-state index in [-0.39, 0.29) is 11.9 Å². The number of carbonyl (C=O) groups is 1. The molecule has 9 nitrogen and oxygen atoms in total. The number of carbonyl (C=O) groups excluding carboxylic acids is 1. The summed E-state index contributed by atoms with van der Waals surface area (Å²) in [5.41, 5.74) is 10.1. The molecule has 182 valence electrons. The topological polar surface area (TPSA) is 104 Å². The van der Waals surface area contributed by atoms with E-state index in [1.54, 1.807) is 13.3 Å². The third kappa shape index (κ3) is 3.93. The zero-order chi connectivity index (χ0) is 24.1. The minimum Gasteiger partial charge on any atom is -0.481 e. The van der Waals surface area contributed by atoms with Crippen LogP contribution in [0.2, 0.25) is 0 Å². The van der Waals surface area contributed by atoms with Crippen molar-refractivity contribution in [2.45, 2.75) is 51.7 Å². The Labute approximate surface area is 203 Å². The summed E-state index contributed by atoms with van der Waals surface area (Å²) < 4.78 is 9.79. The van der Waals surface area contributed by atoms with Gasteiger partial charge in [0.2, 0.25) is 5.88 Å². The first-order valence-corrected chi connectivity index (χ1v) is 12.5.